The van der Waals surface area contributed by atoms with E-state index in [1.807, 2.05) is 13.8 Å². The minimum Gasteiger partial charge on any atom is -0.461 e. The van der Waals surface area contributed by atoms with Gasteiger partial charge in [0, 0.05) is 6.42 Å². The zero-order chi connectivity index (χ0) is 11.7. The molecular weight excluding hydrogens is 226 g/mol. The molecule has 2 unspecified atom stereocenters. The molecule has 0 saturated heterocycles. The topological polar surface area (TPSA) is 48.4 Å². The Balaban J connectivity index is 2.26. The van der Waals surface area contributed by atoms with Gasteiger partial charge in [0.25, 0.3) is 0 Å². The SMILES string of the molecule is CCOC(=O)c1nc2c(s1)C(C)OC(C)C2. The first-order valence-corrected chi connectivity index (χ1v) is 6.25. The second kappa shape index (κ2) is 4.51. The normalized spacial score (nSPS) is 23.9. The first kappa shape index (κ1) is 11.5. The fourth-order valence-electron chi connectivity index (χ4n) is 1.84. The van der Waals surface area contributed by atoms with E-state index in [4.69, 9.17) is 9.47 Å². The number of hydrogen-bond donors (Lipinski definition) is 0. The Hall–Kier alpha value is -0.940. The van der Waals surface area contributed by atoms with Crippen molar-refractivity contribution in [2.45, 2.75) is 39.4 Å². The summed E-state index contributed by atoms with van der Waals surface area (Å²) in [6.07, 6.45) is 0.967. The molecule has 0 saturated carbocycles. The molecular formula is C11H15NO3S. The molecule has 0 radical (unpaired) electrons. The first-order valence-electron chi connectivity index (χ1n) is 5.44. The van der Waals surface area contributed by atoms with Gasteiger partial charge >= 0.3 is 5.97 Å². The second-order valence-electron chi connectivity index (χ2n) is 3.84. The Morgan fingerprint density at radius 1 is 1.62 bits per heavy atom. The molecule has 0 fully saturated rings. The number of carbonyl (C=O) groups is 1. The van der Waals surface area contributed by atoms with Gasteiger partial charge in [0.15, 0.2) is 0 Å². The minimum absolute atomic E-state index is 0.0272. The molecule has 88 valence electrons. The summed E-state index contributed by atoms with van der Waals surface area (Å²) >= 11 is 1.38. The highest BCUT2D eigenvalue weighted by Crippen LogP contribution is 2.34. The third-order valence-corrected chi connectivity index (χ3v) is 3.70. The van der Waals surface area contributed by atoms with Crippen LogP contribution < -0.4 is 0 Å². The lowest BCUT2D eigenvalue weighted by atomic mass is 10.1. The average Bonchev–Trinajstić information content (AvgIpc) is 2.62. The highest BCUT2D eigenvalue weighted by molar-refractivity contribution is 7.13. The molecule has 16 heavy (non-hydrogen) atoms. The van der Waals surface area contributed by atoms with Gasteiger partial charge in [-0.2, -0.15) is 0 Å². The van der Waals surface area contributed by atoms with Crippen LogP contribution in [0.2, 0.25) is 0 Å². The van der Waals surface area contributed by atoms with Crippen LogP contribution in [-0.2, 0) is 15.9 Å². The lowest BCUT2D eigenvalue weighted by Crippen LogP contribution is -2.20. The lowest BCUT2D eigenvalue weighted by molar-refractivity contribution is -0.00322. The van der Waals surface area contributed by atoms with Crippen molar-refractivity contribution in [1.29, 1.82) is 0 Å². The van der Waals surface area contributed by atoms with Gasteiger partial charge in [-0.25, -0.2) is 9.78 Å². The molecule has 2 atom stereocenters. The van der Waals surface area contributed by atoms with Gasteiger partial charge in [0.2, 0.25) is 5.01 Å². The summed E-state index contributed by atoms with van der Waals surface area (Å²) in [5.41, 5.74) is 0.985. The molecule has 0 aromatic carbocycles. The second-order valence-corrected chi connectivity index (χ2v) is 4.87. The van der Waals surface area contributed by atoms with E-state index in [0.29, 0.717) is 11.6 Å². The molecule has 5 heteroatoms. The van der Waals surface area contributed by atoms with E-state index < -0.39 is 0 Å². The van der Waals surface area contributed by atoms with E-state index in [0.717, 1.165) is 17.0 Å². The van der Waals surface area contributed by atoms with Crippen LogP contribution in [0.1, 0.15) is 47.2 Å². The van der Waals surface area contributed by atoms with Gasteiger partial charge in [0.05, 0.1) is 29.4 Å². The van der Waals surface area contributed by atoms with Crippen molar-refractivity contribution in [1.82, 2.24) is 4.98 Å². The monoisotopic (exact) mass is 241 g/mol. The quantitative estimate of drug-likeness (QED) is 0.746. The highest BCUT2D eigenvalue weighted by Gasteiger charge is 2.28. The van der Waals surface area contributed by atoms with Crippen molar-refractivity contribution in [3.63, 3.8) is 0 Å². The van der Waals surface area contributed by atoms with Crippen molar-refractivity contribution < 1.29 is 14.3 Å². The number of esters is 1. The zero-order valence-corrected chi connectivity index (χ0v) is 10.5. The third-order valence-electron chi connectivity index (χ3n) is 2.46. The Bertz CT molecular complexity index is 402. The predicted octanol–water partition coefficient (Wildman–Crippen LogP) is 2.34. The number of fused-ring (bicyclic) bond motifs is 1. The molecule has 1 aliphatic heterocycles. The van der Waals surface area contributed by atoms with Crippen LogP contribution >= 0.6 is 11.3 Å². The Morgan fingerprint density at radius 2 is 2.38 bits per heavy atom. The van der Waals surface area contributed by atoms with Crippen LogP contribution in [0.15, 0.2) is 0 Å². The van der Waals surface area contributed by atoms with Crippen LogP contribution in [0.4, 0.5) is 0 Å². The molecule has 0 bridgehead atoms. The molecule has 1 aromatic heterocycles. The summed E-state index contributed by atoms with van der Waals surface area (Å²) in [5, 5.41) is 0.441. The van der Waals surface area contributed by atoms with Gasteiger partial charge in [-0.1, -0.05) is 0 Å². The molecule has 0 N–H and O–H groups in total. The van der Waals surface area contributed by atoms with Crippen molar-refractivity contribution in [2.24, 2.45) is 0 Å². The van der Waals surface area contributed by atoms with Crippen molar-refractivity contribution in [3.05, 3.63) is 15.6 Å². The Kier molecular flexibility index (Phi) is 3.25. The molecule has 1 aromatic rings. The van der Waals surface area contributed by atoms with Crippen LogP contribution in [0, 0.1) is 0 Å². The largest absolute Gasteiger partial charge is 0.461 e. The van der Waals surface area contributed by atoms with Gasteiger partial charge < -0.3 is 9.47 Å². The summed E-state index contributed by atoms with van der Waals surface area (Å²) in [6.45, 7) is 6.18. The maximum absolute atomic E-state index is 11.5. The third kappa shape index (κ3) is 2.10. The number of ether oxygens (including phenoxy) is 2. The average molecular weight is 241 g/mol. The van der Waals surface area contributed by atoms with Crippen LogP contribution in [-0.4, -0.2) is 23.7 Å². The molecule has 0 aliphatic carbocycles. The van der Waals surface area contributed by atoms with Gasteiger partial charge in [-0.15, -0.1) is 11.3 Å². The van der Waals surface area contributed by atoms with Crippen LogP contribution in [0.25, 0.3) is 0 Å². The van der Waals surface area contributed by atoms with E-state index in [9.17, 15) is 4.79 Å². The van der Waals surface area contributed by atoms with E-state index in [1.165, 1.54) is 11.3 Å². The summed E-state index contributed by atoms with van der Waals surface area (Å²) in [4.78, 5) is 16.9. The Morgan fingerprint density at radius 3 is 3.06 bits per heavy atom. The molecule has 0 spiro atoms. The van der Waals surface area contributed by atoms with Gasteiger partial charge in [-0.3, -0.25) is 0 Å². The Labute approximate surface area is 98.6 Å². The molecule has 0 amide bonds. The van der Waals surface area contributed by atoms with Crippen LogP contribution in [0.5, 0.6) is 0 Å². The molecule has 2 heterocycles. The van der Waals surface area contributed by atoms with E-state index in [-0.39, 0.29) is 18.2 Å². The van der Waals surface area contributed by atoms with Gasteiger partial charge in [-0.05, 0) is 20.8 Å². The first-order chi connectivity index (χ1) is 7.61. The zero-order valence-electron chi connectivity index (χ0n) is 9.65. The van der Waals surface area contributed by atoms with Crippen molar-refractivity contribution in [3.8, 4) is 0 Å². The number of nitrogens with zero attached hydrogens (tertiary/aromatic N) is 1. The fourth-order valence-corrected chi connectivity index (χ4v) is 2.81. The van der Waals surface area contributed by atoms with E-state index >= 15 is 0 Å². The van der Waals surface area contributed by atoms with E-state index in [1.54, 1.807) is 6.92 Å². The fraction of sp³-hybridized carbons (Fsp3) is 0.636. The highest BCUT2D eigenvalue weighted by atomic mass is 32.1. The maximum Gasteiger partial charge on any atom is 0.367 e. The summed E-state index contributed by atoms with van der Waals surface area (Å²) in [6, 6.07) is 0. The summed E-state index contributed by atoms with van der Waals surface area (Å²) < 4.78 is 10.6. The molecule has 4 nitrogen and oxygen atoms in total. The lowest BCUT2D eigenvalue weighted by Gasteiger charge is -2.23. The number of thiazole rings is 1. The maximum atomic E-state index is 11.5. The number of rotatable bonds is 2. The molecule has 2 rings (SSSR count). The summed E-state index contributed by atoms with van der Waals surface area (Å²) in [7, 11) is 0. The smallest absolute Gasteiger partial charge is 0.367 e. The van der Waals surface area contributed by atoms with E-state index in [2.05, 4.69) is 4.98 Å². The number of carbonyl (C=O) groups excluding carboxylic acids is 1. The van der Waals surface area contributed by atoms with Crippen molar-refractivity contribution >= 4 is 17.3 Å². The minimum atomic E-state index is -0.332. The van der Waals surface area contributed by atoms with Crippen molar-refractivity contribution in [2.75, 3.05) is 6.61 Å². The number of aromatic nitrogens is 1. The predicted molar refractivity (Wildman–Crippen MR) is 60.7 cm³/mol. The molecule has 1 aliphatic rings. The van der Waals surface area contributed by atoms with Gasteiger partial charge in [0.1, 0.15) is 0 Å². The standard InChI is InChI=1S/C11H15NO3S/c1-4-14-11(13)10-12-8-5-6(2)15-7(3)9(8)16-10/h6-7H,4-5H2,1-3H3. The summed E-state index contributed by atoms with van der Waals surface area (Å²) in [5.74, 6) is -0.332. The number of hydrogen-bond acceptors (Lipinski definition) is 5. The van der Waals surface area contributed by atoms with Crippen LogP contribution in [0.3, 0.4) is 0 Å².